The van der Waals surface area contributed by atoms with Crippen LogP contribution in [0.5, 0.6) is 11.5 Å². The van der Waals surface area contributed by atoms with E-state index < -0.39 is 15.9 Å². The number of nitrogens with two attached hydrogens (primary N) is 1. The quantitative estimate of drug-likeness (QED) is 0.834. The lowest BCUT2D eigenvalue weighted by Gasteiger charge is -2.11. The molecule has 1 aliphatic heterocycles. The molecule has 0 spiro atoms. The monoisotopic (exact) mass is 243 g/mol. The molecule has 2 N–H and O–H groups in total. The molecule has 1 aromatic rings. The van der Waals surface area contributed by atoms with Crippen LogP contribution in [0.25, 0.3) is 0 Å². The first-order valence-electron chi connectivity index (χ1n) is 4.78. The largest absolute Gasteiger partial charge is 0.454 e. The molecule has 0 saturated heterocycles. The third-order valence-corrected chi connectivity index (χ3v) is 3.27. The van der Waals surface area contributed by atoms with E-state index in [4.69, 9.17) is 15.2 Å². The lowest BCUT2D eigenvalue weighted by Crippen LogP contribution is -2.20. The SMILES string of the molecule is CS(=O)(=O)C[C@@H](N)c1ccc2c(c1)OCO2. The van der Waals surface area contributed by atoms with Crippen molar-refractivity contribution in [3.63, 3.8) is 0 Å². The third kappa shape index (κ3) is 2.45. The first-order chi connectivity index (χ1) is 7.46. The van der Waals surface area contributed by atoms with Gasteiger partial charge >= 0.3 is 0 Å². The molecule has 5 nitrogen and oxygen atoms in total. The van der Waals surface area contributed by atoms with Gasteiger partial charge in [-0.05, 0) is 17.7 Å². The molecular weight excluding hydrogens is 230 g/mol. The minimum atomic E-state index is -3.08. The average molecular weight is 243 g/mol. The normalized spacial score (nSPS) is 16.1. The van der Waals surface area contributed by atoms with Crippen molar-refractivity contribution in [2.24, 2.45) is 5.73 Å². The van der Waals surface area contributed by atoms with Crippen LogP contribution in [0, 0.1) is 0 Å². The molecule has 1 aliphatic rings. The highest BCUT2D eigenvalue weighted by Gasteiger charge is 2.18. The van der Waals surface area contributed by atoms with Gasteiger partial charge in [0.1, 0.15) is 9.84 Å². The predicted octanol–water partition coefficient (Wildman–Crippen LogP) is 0.460. The molecule has 1 atom stereocenters. The fourth-order valence-electron chi connectivity index (χ4n) is 1.57. The fraction of sp³-hybridized carbons (Fsp3) is 0.400. The van der Waals surface area contributed by atoms with Crippen LogP contribution >= 0.6 is 0 Å². The zero-order valence-electron chi connectivity index (χ0n) is 8.84. The molecule has 0 amide bonds. The minimum absolute atomic E-state index is 0.0767. The fourth-order valence-corrected chi connectivity index (χ4v) is 2.41. The first kappa shape index (κ1) is 11.2. The third-order valence-electron chi connectivity index (χ3n) is 2.31. The van der Waals surface area contributed by atoms with Crippen molar-refractivity contribution in [1.29, 1.82) is 0 Å². The molecule has 6 heteroatoms. The molecular formula is C10H13NO4S. The van der Waals surface area contributed by atoms with Gasteiger partial charge in [-0.2, -0.15) is 0 Å². The number of rotatable bonds is 3. The summed E-state index contributed by atoms with van der Waals surface area (Å²) in [7, 11) is -3.08. The predicted molar refractivity (Wildman–Crippen MR) is 59.2 cm³/mol. The summed E-state index contributed by atoms with van der Waals surface area (Å²) in [5.74, 6) is 1.20. The second kappa shape index (κ2) is 3.95. The summed E-state index contributed by atoms with van der Waals surface area (Å²) in [4.78, 5) is 0. The van der Waals surface area contributed by atoms with Crippen LogP contribution in [0.2, 0.25) is 0 Å². The smallest absolute Gasteiger partial charge is 0.231 e. The Morgan fingerprint density at radius 3 is 2.75 bits per heavy atom. The number of hydrogen-bond donors (Lipinski definition) is 1. The Morgan fingerprint density at radius 2 is 2.06 bits per heavy atom. The van der Waals surface area contributed by atoms with Crippen LogP contribution in [0.15, 0.2) is 18.2 Å². The number of sulfone groups is 1. The summed E-state index contributed by atoms with van der Waals surface area (Å²) < 4.78 is 32.6. The molecule has 0 radical (unpaired) electrons. The molecule has 0 aliphatic carbocycles. The highest BCUT2D eigenvalue weighted by Crippen LogP contribution is 2.33. The van der Waals surface area contributed by atoms with E-state index >= 15 is 0 Å². The van der Waals surface area contributed by atoms with Crippen LogP contribution < -0.4 is 15.2 Å². The lowest BCUT2D eigenvalue weighted by atomic mass is 10.1. The van der Waals surface area contributed by atoms with Crippen LogP contribution in [-0.2, 0) is 9.84 Å². The molecule has 0 unspecified atom stereocenters. The average Bonchev–Trinajstić information content (AvgIpc) is 2.61. The standard InChI is InChI=1S/C10H13NO4S/c1-16(12,13)5-8(11)7-2-3-9-10(4-7)15-6-14-9/h2-4,8H,5-6,11H2,1H3/t8-/m1/s1. The lowest BCUT2D eigenvalue weighted by molar-refractivity contribution is 0.174. The molecule has 0 saturated carbocycles. The zero-order chi connectivity index (χ0) is 11.8. The Morgan fingerprint density at radius 1 is 1.38 bits per heavy atom. The molecule has 0 fully saturated rings. The van der Waals surface area contributed by atoms with Gasteiger partial charge in [0.05, 0.1) is 5.75 Å². The molecule has 0 bridgehead atoms. The summed E-state index contributed by atoms with van der Waals surface area (Å²) >= 11 is 0. The van der Waals surface area contributed by atoms with E-state index in [1.807, 2.05) is 0 Å². The van der Waals surface area contributed by atoms with E-state index in [0.717, 1.165) is 5.56 Å². The summed E-state index contributed by atoms with van der Waals surface area (Å²) in [5, 5.41) is 0. The Labute approximate surface area is 94.1 Å². The molecule has 16 heavy (non-hydrogen) atoms. The van der Waals surface area contributed by atoms with Gasteiger partial charge in [-0.1, -0.05) is 6.07 Å². The van der Waals surface area contributed by atoms with Gasteiger partial charge < -0.3 is 15.2 Å². The summed E-state index contributed by atoms with van der Waals surface area (Å²) in [6, 6.07) is 4.67. The Bertz CT molecular complexity index is 498. The molecule has 0 aromatic heterocycles. The number of fused-ring (bicyclic) bond motifs is 1. The van der Waals surface area contributed by atoms with Gasteiger partial charge in [0, 0.05) is 12.3 Å². The van der Waals surface area contributed by atoms with Gasteiger partial charge in [-0.15, -0.1) is 0 Å². The summed E-state index contributed by atoms with van der Waals surface area (Å²) in [5.41, 5.74) is 6.53. The highest BCUT2D eigenvalue weighted by atomic mass is 32.2. The van der Waals surface area contributed by atoms with Crippen molar-refractivity contribution in [1.82, 2.24) is 0 Å². The number of ether oxygens (including phenoxy) is 2. The number of benzene rings is 1. The second-order valence-corrected chi connectivity index (χ2v) is 6.00. The van der Waals surface area contributed by atoms with Crippen LogP contribution in [0.1, 0.15) is 11.6 Å². The zero-order valence-corrected chi connectivity index (χ0v) is 9.66. The second-order valence-electron chi connectivity index (χ2n) is 3.81. The molecule has 2 rings (SSSR count). The maximum absolute atomic E-state index is 11.1. The molecule has 1 aromatic carbocycles. The van der Waals surface area contributed by atoms with Gasteiger partial charge in [-0.3, -0.25) is 0 Å². The maximum atomic E-state index is 11.1. The van der Waals surface area contributed by atoms with Gasteiger partial charge in [0.2, 0.25) is 6.79 Å². The number of hydrogen-bond acceptors (Lipinski definition) is 5. The maximum Gasteiger partial charge on any atom is 0.231 e. The van der Waals surface area contributed by atoms with Crippen molar-refractivity contribution < 1.29 is 17.9 Å². The highest BCUT2D eigenvalue weighted by molar-refractivity contribution is 7.90. The van der Waals surface area contributed by atoms with Crippen LogP contribution in [-0.4, -0.2) is 27.2 Å². The van der Waals surface area contributed by atoms with E-state index in [2.05, 4.69) is 0 Å². The summed E-state index contributed by atoms with van der Waals surface area (Å²) in [6.45, 7) is 0.195. The first-order valence-corrected chi connectivity index (χ1v) is 6.84. The Balaban J connectivity index is 2.21. The van der Waals surface area contributed by atoms with Crippen molar-refractivity contribution in [2.45, 2.75) is 6.04 Å². The summed E-state index contributed by atoms with van der Waals surface area (Å²) in [6.07, 6.45) is 1.17. The van der Waals surface area contributed by atoms with E-state index in [-0.39, 0.29) is 12.5 Å². The Kier molecular flexibility index (Phi) is 2.77. The van der Waals surface area contributed by atoms with Crippen molar-refractivity contribution in [3.05, 3.63) is 23.8 Å². The molecule has 1 heterocycles. The van der Waals surface area contributed by atoms with E-state index in [0.29, 0.717) is 11.5 Å². The van der Waals surface area contributed by atoms with E-state index in [1.165, 1.54) is 6.26 Å². The van der Waals surface area contributed by atoms with Crippen molar-refractivity contribution >= 4 is 9.84 Å². The van der Waals surface area contributed by atoms with Crippen molar-refractivity contribution in [3.8, 4) is 11.5 Å². The minimum Gasteiger partial charge on any atom is -0.454 e. The van der Waals surface area contributed by atoms with Crippen LogP contribution in [0.3, 0.4) is 0 Å². The van der Waals surface area contributed by atoms with Crippen molar-refractivity contribution in [2.75, 3.05) is 18.8 Å². The van der Waals surface area contributed by atoms with Gasteiger partial charge in [0.25, 0.3) is 0 Å². The van der Waals surface area contributed by atoms with Gasteiger partial charge in [-0.25, -0.2) is 8.42 Å². The Hall–Kier alpha value is -1.27. The van der Waals surface area contributed by atoms with Gasteiger partial charge in [0.15, 0.2) is 11.5 Å². The van der Waals surface area contributed by atoms with E-state index in [9.17, 15) is 8.42 Å². The molecule has 88 valence electrons. The van der Waals surface area contributed by atoms with E-state index in [1.54, 1.807) is 18.2 Å². The topological polar surface area (TPSA) is 78.6 Å². The van der Waals surface area contributed by atoms with Crippen LogP contribution in [0.4, 0.5) is 0 Å².